The van der Waals surface area contributed by atoms with Crippen molar-refractivity contribution in [2.45, 2.75) is 38.6 Å². The number of thiazole rings is 1. The van der Waals surface area contributed by atoms with Crippen LogP contribution in [0.15, 0.2) is 24.0 Å². The van der Waals surface area contributed by atoms with E-state index in [9.17, 15) is 4.79 Å². The molecule has 0 aromatic carbocycles. The van der Waals surface area contributed by atoms with Gasteiger partial charge in [-0.3, -0.25) is 4.79 Å². The summed E-state index contributed by atoms with van der Waals surface area (Å²) in [4.78, 5) is 22.9. The highest BCUT2D eigenvalue weighted by Gasteiger charge is 2.25. The molecule has 3 heterocycles. The van der Waals surface area contributed by atoms with Crippen molar-refractivity contribution >= 4 is 17.2 Å². The lowest BCUT2D eigenvalue weighted by Gasteiger charge is -2.34. The highest BCUT2D eigenvalue weighted by Crippen LogP contribution is 2.23. The molecule has 1 atom stereocenters. The van der Waals surface area contributed by atoms with E-state index < -0.39 is 0 Å². The number of carbonyl (C=O) groups is 1. The van der Waals surface area contributed by atoms with Gasteiger partial charge in [0, 0.05) is 49.9 Å². The molecule has 1 fully saturated rings. The fraction of sp³-hybridized carbons (Fsp3) is 0.533. The first kappa shape index (κ1) is 14.3. The Morgan fingerprint density at radius 3 is 3.05 bits per heavy atom. The van der Waals surface area contributed by atoms with Crippen molar-refractivity contribution in [2.75, 3.05) is 13.1 Å². The molecule has 0 bridgehead atoms. The van der Waals surface area contributed by atoms with E-state index in [1.54, 1.807) is 17.5 Å². The Labute approximate surface area is 128 Å². The van der Waals surface area contributed by atoms with Crippen molar-refractivity contribution in [3.63, 3.8) is 0 Å². The van der Waals surface area contributed by atoms with Crippen LogP contribution in [0.1, 0.15) is 36.1 Å². The molecule has 1 aliphatic heterocycles. The maximum atomic E-state index is 12.4. The Morgan fingerprint density at radius 2 is 2.33 bits per heavy atom. The van der Waals surface area contributed by atoms with E-state index in [0.717, 1.165) is 43.2 Å². The highest BCUT2D eigenvalue weighted by atomic mass is 32.1. The van der Waals surface area contributed by atoms with E-state index in [1.807, 2.05) is 29.6 Å². The summed E-state index contributed by atoms with van der Waals surface area (Å²) in [6.07, 6.45) is 9.13. The third-order valence-electron chi connectivity index (χ3n) is 4.04. The summed E-state index contributed by atoms with van der Waals surface area (Å²) in [5, 5.41) is 3.00. The fourth-order valence-electron chi connectivity index (χ4n) is 2.93. The minimum absolute atomic E-state index is 0.243. The van der Waals surface area contributed by atoms with E-state index in [1.165, 1.54) is 0 Å². The zero-order valence-electron chi connectivity index (χ0n) is 12.2. The van der Waals surface area contributed by atoms with E-state index in [-0.39, 0.29) is 5.91 Å². The Kier molecular flexibility index (Phi) is 4.34. The van der Waals surface area contributed by atoms with Gasteiger partial charge in [-0.25, -0.2) is 9.97 Å². The summed E-state index contributed by atoms with van der Waals surface area (Å²) >= 11 is 1.62. The van der Waals surface area contributed by atoms with Crippen LogP contribution in [-0.2, 0) is 11.2 Å². The largest absolute Gasteiger partial charge is 0.341 e. The zero-order chi connectivity index (χ0) is 14.7. The quantitative estimate of drug-likeness (QED) is 0.872. The number of likely N-dealkylation sites (tertiary alicyclic amines) is 1. The van der Waals surface area contributed by atoms with Crippen LogP contribution in [0.3, 0.4) is 0 Å². The summed E-state index contributed by atoms with van der Waals surface area (Å²) in [5.74, 6) is 1.27. The van der Waals surface area contributed by atoms with E-state index >= 15 is 0 Å². The van der Waals surface area contributed by atoms with E-state index in [4.69, 9.17) is 0 Å². The summed E-state index contributed by atoms with van der Waals surface area (Å²) < 4.78 is 2.19. The maximum Gasteiger partial charge on any atom is 0.223 e. The average molecular weight is 304 g/mol. The number of aryl methyl sites for hydroxylation is 2. The first-order valence-electron chi connectivity index (χ1n) is 7.39. The molecule has 6 heteroatoms. The van der Waals surface area contributed by atoms with Gasteiger partial charge in [0.25, 0.3) is 0 Å². The third-order valence-corrected chi connectivity index (χ3v) is 4.88. The first-order valence-corrected chi connectivity index (χ1v) is 8.27. The molecule has 21 heavy (non-hydrogen) atoms. The lowest BCUT2D eigenvalue weighted by molar-refractivity contribution is -0.132. The van der Waals surface area contributed by atoms with Crippen molar-refractivity contribution in [3.05, 3.63) is 34.8 Å². The molecule has 1 saturated heterocycles. The Bertz CT molecular complexity index is 593. The highest BCUT2D eigenvalue weighted by molar-refractivity contribution is 7.09. The summed E-state index contributed by atoms with van der Waals surface area (Å²) in [5.41, 5.74) is 0. The molecule has 0 saturated carbocycles. The first-order chi connectivity index (χ1) is 10.2. The van der Waals surface area contributed by atoms with Gasteiger partial charge in [-0.2, -0.15) is 0 Å². The van der Waals surface area contributed by atoms with Gasteiger partial charge in [0.2, 0.25) is 5.91 Å². The number of rotatable bonds is 4. The number of imidazole rings is 1. The van der Waals surface area contributed by atoms with Gasteiger partial charge < -0.3 is 9.47 Å². The predicted octanol–water partition coefficient (Wildman–Crippen LogP) is 2.44. The molecule has 0 radical (unpaired) electrons. The molecule has 0 N–H and O–H groups in total. The molecular weight excluding hydrogens is 284 g/mol. The molecule has 0 aliphatic carbocycles. The van der Waals surface area contributed by atoms with Crippen molar-refractivity contribution in [1.29, 1.82) is 0 Å². The summed E-state index contributed by atoms with van der Waals surface area (Å²) in [6, 6.07) is 0.366. The van der Waals surface area contributed by atoms with Crippen LogP contribution < -0.4 is 0 Å². The second kappa shape index (κ2) is 6.39. The second-order valence-electron chi connectivity index (χ2n) is 5.44. The number of hydrogen-bond donors (Lipinski definition) is 0. The standard InChI is InChI=1S/C15H20N4OS/c1-12-16-6-9-19(12)13-3-2-8-18(11-13)15(20)5-4-14-17-7-10-21-14/h6-7,9-10,13H,2-5,8,11H2,1H3/t13-/m1/s1. The van der Waals surface area contributed by atoms with Crippen molar-refractivity contribution < 1.29 is 4.79 Å². The van der Waals surface area contributed by atoms with Crippen LogP contribution in [0.2, 0.25) is 0 Å². The summed E-state index contributed by atoms with van der Waals surface area (Å²) in [7, 11) is 0. The topological polar surface area (TPSA) is 51.0 Å². The van der Waals surface area contributed by atoms with Gasteiger partial charge >= 0.3 is 0 Å². The van der Waals surface area contributed by atoms with Crippen molar-refractivity contribution in [3.8, 4) is 0 Å². The molecule has 2 aromatic heterocycles. The van der Waals surface area contributed by atoms with Crippen LogP contribution in [0, 0.1) is 6.92 Å². The molecule has 112 valence electrons. The van der Waals surface area contributed by atoms with E-state index in [2.05, 4.69) is 14.5 Å². The fourth-order valence-corrected chi connectivity index (χ4v) is 3.55. The van der Waals surface area contributed by atoms with Gasteiger partial charge in [0.15, 0.2) is 0 Å². The second-order valence-corrected chi connectivity index (χ2v) is 6.42. The lowest BCUT2D eigenvalue weighted by atomic mass is 10.0. The van der Waals surface area contributed by atoms with Gasteiger partial charge in [-0.15, -0.1) is 11.3 Å². The maximum absolute atomic E-state index is 12.4. The van der Waals surface area contributed by atoms with Gasteiger partial charge in [0.05, 0.1) is 11.0 Å². The number of hydrogen-bond acceptors (Lipinski definition) is 4. The molecule has 0 spiro atoms. The number of carbonyl (C=O) groups excluding carboxylic acids is 1. The number of aromatic nitrogens is 3. The van der Waals surface area contributed by atoms with Crippen LogP contribution >= 0.6 is 11.3 Å². The summed E-state index contributed by atoms with van der Waals surface area (Å²) in [6.45, 7) is 3.69. The van der Waals surface area contributed by atoms with Crippen LogP contribution in [0.4, 0.5) is 0 Å². The van der Waals surface area contributed by atoms with Crippen LogP contribution in [-0.4, -0.2) is 38.4 Å². The Balaban J connectivity index is 1.58. The molecule has 3 rings (SSSR count). The van der Waals surface area contributed by atoms with Gasteiger partial charge in [-0.1, -0.05) is 0 Å². The van der Waals surface area contributed by atoms with Crippen LogP contribution in [0.5, 0.6) is 0 Å². The Hall–Kier alpha value is -1.69. The average Bonchev–Trinajstić information content (AvgIpc) is 3.16. The monoisotopic (exact) mass is 304 g/mol. The smallest absolute Gasteiger partial charge is 0.223 e. The normalized spacial score (nSPS) is 18.9. The van der Waals surface area contributed by atoms with Crippen molar-refractivity contribution in [2.24, 2.45) is 0 Å². The molecular formula is C15H20N4OS. The molecule has 1 amide bonds. The SMILES string of the molecule is Cc1nccn1[C@@H]1CCCN(C(=O)CCc2nccs2)C1. The third kappa shape index (κ3) is 3.32. The zero-order valence-corrected chi connectivity index (χ0v) is 13.1. The minimum Gasteiger partial charge on any atom is -0.341 e. The molecule has 0 unspecified atom stereocenters. The predicted molar refractivity (Wildman–Crippen MR) is 82.3 cm³/mol. The number of piperidine rings is 1. The minimum atomic E-state index is 0.243. The van der Waals surface area contributed by atoms with Gasteiger partial charge in [-0.05, 0) is 19.8 Å². The molecule has 2 aromatic rings. The Morgan fingerprint density at radius 1 is 1.43 bits per heavy atom. The van der Waals surface area contributed by atoms with Crippen LogP contribution in [0.25, 0.3) is 0 Å². The van der Waals surface area contributed by atoms with E-state index in [0.29, 0.717) is 12.5 Å². The molecule has 1 aliphatic rings. The lowest BCUT2D eigenvalue weighted by Crippen LogP contribution is -2.40. The van der Waals surface area contributed by atoms with Gasteiger partial charge in [0.1, 0.15) is 5.82 Å². The number of nitrogens with zero attached hydrogens (tertiary/aromatic N) is 4. The van der Waals surface area contributed by atoms with Crippen molar-refractivity contribution in [1.82, 2.24) is 19.4 Å². The number of amides is 1. The molecule has 5 nitrogen and oxygen atoms in total.